The number of carbonyl (C=O) groups excluding carboxylic acids is 1. The number of nitrogens with one attached hydrogen (secondary N) is 1. The summed E-state index contributed by atoms with van der Waals surface area (Å²) in [5, 5.41) is 0. The van der Waals surface area contributed by atoms with Gasteiger partial charge in [-0.2, -0.15) is 0 Å². The molecular formula is C14H16N2O2. The number of nitrogens with zero attached hydrogens (tertiary/aromatic N) is 1. The SMILES string of the molecule is COc1ccc(CCC(=O)Cc2ncc[nH]2)cc1. The zero-order valence-electron chi connectivity index (χ0n) is 10.3. The van der Waals surface area contributed by atoms with Gasteiger partial charge in [0, 0.05) is 18.8 Å². The van der Waals surface area contributed by atoms with Crippen molar-refractivity contribution in [2.24, 2.45) is 0 Å². The maximum Gasteiger partial charge on any atom is 0.140 e. The van der Waals surface area contributed by atoms with Crippen molar-refractivity contribution in [3.05, 3.63) is 48.0 Å². The maximum atomic E-state index is 11.7. The lowest BCUT2D eigenvalue weighted by Crippen LogP contribution is -2.05. The normalized spacial score (nSPS) is 10.3. The molecule has 0 saturated heterocycles. The van der Waals surface area contributed by atoms with Gasteiger partial charge in [-0.05, 0) is 24.1 Å². The van der Waals surface area contributed by atoms with Gasteiger partial charge in [0.05, 0.1) is 13.5 Å². The Morgan fingerprint density at radius 2 is 2.11 bits per heavy atom. The number of carbonyl (C=O) groups is 1. The molecule has 0 aliphatic heterocycles. The number of ketones is 1. The second-order valence-electron chi connectivity index (χ2n) is 4.10. The number of ether oxygens (including phenoxy) is 1. The van der Waals surface area contributed by atoms with Crippen LogP contribution in [0.2, 0.25) is 0 Å². The molecule has 1 N–H and O–H groups in total. The molecule has 0 unspecified atom stereocenters. The number of aryl methyl sites for hydroxylation is 1. The van der Waals surface area contributed by atoms with Gasteiger partial charge in [0.2, 0.25) is 0 Å². The molecule has 0 spiro atoms. The first kappa shape index (κ1) is 12.4. The standard InChI is InChI=1S/C14H16N2O2/c1-18-13-6-3-11(4-7-13)2-5-12(17)10-14-15-8-9-16-14/h3-4,6-9H,2,5,10H2,1H3,(H,15,16). The molecule has 0 atom stereocenters. The van der Waals surface area contributed by atoms with Gasteiger partial charge in [-0.3, -0.25) is 4.79 Å². The van der Waals surface area contributed by atoms with E-state index >= 15 is 0 Å². The number of H-pyrrole nitrogens is 1. The maximum absolute atomic E-state index is 11.7. The molecule has 1 aromatic carbocycles. The molecule has 1 aromatic heterocycles. The molecule has 2 rings (SSSR count). The van der Waals surface area contributed by atoms with Gasteiger partial charge < -0.3 is 9.72 Å². The highest BCUT2D eigenvalue weighted by Crippen LogP contribution is 2.12. The molecule has 0 radical (unpaired) electrons. The number of hydrogen-bond donors (Lipinski definition) is 1. The molecule has 0 aliphatic carbocycles. The van der Waals surface area contributed by atoms with Crippen molar-refractivity contribution >= 4 is 5.78 Å². The molecule has 4 heteroatoms. The predicted molar refractivity (Wildman–Crippen MR) is 68.6 cm³/mol. The number of aromatic nitrogens is 2. The largest absolute Gasteiger partial charge is 0.497 e. The van der Waals surface area contributed by atoms with E-state index in [1.54, 1.807) is 19.5 Å². The van der Waals surface area contributed by atoms with Crippen LogP contribution in [0.15, 0.2) is 36.7 Å². The second kappa shape index (κ2) is 6.00. The van der Waals surface area contributed by atoms with E-state index in [1.807, 2.05) is 24.3 Å². The van der Waals surface area contributed by atoms with Gasteiger partial charge in [-0.25, -0.2) is 4.98 Å². The van der Waals surface area contributed by atoms with Crippen molar-refractivity contribution in [2.45, 2.75) is 19.3 Å². The fraction of sp³-hybridized carbons (Fsp3) is 0.286. The number of hydrogen-bond acceptors (Lipinski definition) is 3. The Morgan fingerprint density at radius 1 is 1.33 bits per heavy atom. The molecular weight excluding hydrogens is 228 g/mol. The van der Waals surface area contributed by atoms with Crippen LogP contribution in [0.3, 0.4) is 0 Å². The number of aromatic amines is 1. The molecule has 1 heterocycles. The predicted octanol–water partition coefficient (Wildman–Crippen LogP) is 2.16. The molecule has 0 aliphatic rings. The lowest BCUT2D eigenvalue weighted by atomic mass is 10.1. The van der Waals surface area contributed by atoms with Crippen LogP contribution in [-0.4, -0.2) is 22.9 Å². The second-order valence-corrected chi connectivity index (χ2v) is 4.10. The molecule has 0 fully saturated rings. The van der Waals surface area contributed by atoms with Crippen LogP contribution in [0.1, 0.15) is 17.8 Å². The Bertz CT molecular complexity index is 489. The molecule has 4 nitrogen and oxygen atoms in total. The fourth-order valence-electron chi connectivity index (χ4n) is 1.75. The van der Waals surface area contributed by atoms with Gasteiger partial charge in [0.15, 0.2) is 0 Å². The van der Waals surface area contributed by atoms with Gasteiger partial charge in [0.1, 0.15) is 17.4 Å². The molecule has 0 bridgehead atoms. The summed E-state index contributed by atoms with van der Waals surface area (Å²) >= 11 is 0. The zero-order chi connectivity index (χ0) is 12.8. The van der Waals surface area contributed by atoms with Gasteiger partial charge in [-0.15, -0.1) is 0 Å². The summed E-state index contributed by atoms with van der Waals surface area (Å²) in [6.45, 7) is 0. The van der Waals surface area contributed by atoms with Crippen molar-refractivity contribution < 1.29 is 9.53 Å². The van der Waals surface area contributed by atoms with Crippen molar-refractivity contribution in [2.75, 3.05) is 7.11 Å². The average molecular weight is 244 g/mol. The highest BCUT2D eigenvalue weighted by atomic mass is 16.5. The third kappa shape index (κ3) is 3.45. The monoisotopic (exact) mass is 244 g/mol. The molecule has 2 aromatic rings. The van der Waals surface area contributed by atoms with Crippen LogP contribution < -0.4 is 4.74 Å². The van der Waals surface area contributed by atoms with E-state index < -0.39 is 0 Å². The number of Topliss-reactive ketones (excluding diaryl/α,β-unsaturated/α-hetero) is 1. The zero-order valence-corrected chi connectivity index (χ0v) is 10.3. The van der Waals surface area contributed by atoms with E-state index in [4.69, 9.17) is 4.74 Å². The quantitative estimate of drug-likeness (QED) is 0.847. The Kier molecular flexibility index (Phi) is 4.12. The van der Waals surface area contributed by atoms with Crippen LogP contribution in [0, 0.1) is 0 Å². The Labute approximate surface area is 106 Å². The Morgan fingerprint density at radius 3 is 2.72 bits per heavy atom. The van der Waals surface area contributed by atoms with Crippen LogP contribution in [-0.2, 0) is 17.6 Å². The van der Waals surface area contributed by atoms with E-state index in [9.17, 15) is 4.79 Å². The fourth-order valence-corrected chi connectivity index (χ4v) is 1.75. The number of imidazole rings is 1. The number of methoxy groups -OCH3 is 1. The van der Waals surface area contributed by atoms with Crippen molar-refractivity contribution in [3.8, 4) is 5.75 Å². The third-order valence-corrected chi connectivity index (χ3v) is 2.77. The van der Waals surface area contributed by atoms with Crippen LogP contribution in [0.5, 0.6) is 5.75 Å². The average Bonchev–Trinajstić information content (AvgIpc) is 2.90. The van der Waals surface area contributed by atoms with Gasteiger partial charge in [0.25, 0.3) is 0 Å². The molecule has 0 saturated carbocycles. The van der Waals surface area contributed by atoms with E-state index in [2.05, 4.69) is 9.97 Å². The molecule has 94 valence electrons. The minimum atomic E-state index is 0.195. The first-order valence-corrected chi connectivity index (χ1v) is 5.91. The lowest BCUT2D eigenvalue weighted by molar-refractivity contribution is -0.118. The van der Waals surface area contributed by atoms with Crippen molar-refractivity contribution in [1.29, 1.82) is 0 Å². The van der Waals surface area contributed by atoms with Crippen molar-refractivity contribution in [3.63, 3.8) is 0 Å². The van der Waals surface area contributed by atoms with Crippen LogP contribution >= 0.6 is 0 Å². The topological polar surface area (TPSA) is 55.0 Å². The van der Waals surface area contributed by atoms with E-state index in [1.165, 1.54) is 0 Å². The summed E-state index contributed by atoms with van der Waals surface area (Å²) in [6, 6.07) is 7.79. The first-order chi connectivity index (χ1) is 8.78. The van der Waals surface area contributed by atoms with E-state index in [-0.39, 0.29) is 5.78 Å². The van der Waals surface area contributed by atoms with Gasteiger partial charge >= 0.3 is 0 Å². The number of rotatable bonds is 6. The molecule has 18 heavy (non-hydrogen) atoms. The Balaban J connectivity index is 1.81. The summed E-state index contributed by atoms with van der Waals surface area (Å²) in [7, 11) is 1.64. The lowest BCUT2D eigenvalue weighted by Gasteiger charge is -2.03. The number of benzene rings is 1. The Hall–Kier alpha value is -2.10. The highest BCUT2D eigenvalue weighted by Gasteiger charge is 2.06. The van der Waals surface area contributed by atoms with Gasteiger partial charge in [-0.1, -0.05) is 12.1 Å². The smallest absolute Gasteiger partial charge is 0.140 e. The summed E-state index contributed by atoms with van der Waals surface area (Å²) in [6.07, 6.45) is 5.05. The first-order valence-electron chi connectivity index (χ1n) is 5.91. The summed E-state index contributed by atoms with van der Waals surface area (Å²) in [5.41, 5.74) is 1.14. The van der Waals surface area contributed by atoms with E-state index in [0.29, 0.717) is 12.8 Å². The van der Waals surface area contributed by atoms with Crippen LogP contribution in [0.25, 0.3) is 0 Å². The van der Waals surface area contributed by atoms with E-state index in [0.717, 1.165) is 23.6 Å². The minimum Gasteiger partial charge on any atom is -0.497 e. The molecule has 0 amide bonds. The summed E-state index contributed by atoms with van der Waals surface area (Å²) in [4.78, 5) is 18.7. The minimum absolute atomic E-state index is 0.195. The van der Waals surface area contributed by atoms with Crippen molar-refractivity contribution in [1.82, 2.24) is 9.97 Å². The van der Waals surface area contributed by atoms with Crippen LogP contribution in [0.4, 0.5) is 0 Å². The third-order valence-electron chi connectivity index (χ3n) is 2.77. The highest BCUT2D eigenvalue weighted by molar-refractivity contribution is 5.80. The summed E-state index contributed by atoms with van der Waals surface area (Å²) < 4.78 is 5.09. The summed E-state index contributed by atoms with van der Waals surface area (Å²) in [5.74, 6) is 1.76.